The number of nitrogens with one attached hydrogen (secondary N) is 1. The molecule has 3 heterocycles. The van der Waals surface area contributed by atoms with Gasteiger partial charge in [0.1, 0.15) is 0 Å². The SMILES string of the molecule is CN(C)S(=O)(=O)N1CCN(C(OC2CCC(C(=O)O)CC2)(C(=O)Cc2cc(Cl)c(NC(=O)c3cn(C)c4ccccc34)cc2Cl)N2CCCC2)CC1. The molecule has 2 aliphatic heterocycles. The highest BCUT2D eigenvalue weighted by atomic mass is 35.5. The molecule has 1 aromatic heterocycles. The molecule has 3 aliphatic rings. The predicted molar refractivity (Wildman–Crippen MR) is 200 cm³/mol. The van der Waals surface area contributed by atoms with Crippen molar-refractivity contribution in [3.05, 3.63) is 63.8 Å². The highest BCUT2D eigenvalue weighted by Crippen LogP contribution is 2.38. The van der Waals surface area contributed by atoms with Crippen LogP contribution in [0.3, 0.4) is 0 Å². The number of para-hydroxylation sites is 1. The van der Waals surface area contributed by atoms with E-state index in [4.69, 9.17) is 27.9 Å². The zero-order chi connectivity index (χ0) is 37.4. The van der Waals surface area contributed by atoms with Gasteiger partial charge in [0.2, 0.25) is 5.85 Å². The monoisotopic (exact) mass is 776 g/mol. The smallest absolute Gasteiger partial charge is 0.306 e. The Kier molecular flexibility index (Phi) is 11.7. The number of hydrogen-bond acceptors (Lipinski definition) is 8. The molecule has 1 saturated carbocycles. The third kappa shape index (κ3) is 7.62. The molecule has 1 atom stereocenters. The number of rotatable bonds is 12. The summed E-state index contributed by atoms with van der Waals surface area (Å²) in [6.07, 6.45) is 4.78. The van der Waals surface area contributed by atoms with Gasteiger partial charge < -0.3 is 19.7 Å². The number of ketones is 1. The van der Waals surface area contributed by atoms with Crippen LogP contribution in [0, 0.1) is 5.92 Å². The number of likely N-dealkylation sites (tertiary alicyclic amines) is 1. The summed E-state index contributed by atoms with van der Waals surface area (Å²) in [6.45, 7) is 2.01. The minimum Gasteiger partial charge on any atom is -0.481 e. The number of carboxylic acids is 1. The Hall–Kier alpha value is -3.08. The van der Waals surface area contributed by atoms with Gasteiger partial charge in [-0.25, -0.2) is 0 Å². The Morgan fingerprint density at radius 2 is 1.58 bits per heavy atom. The zero-order valence-electron chi connectivity index (χ0n) is 29.7. The van der Waals surface area contributed by atoms with Crippen LogP contribution < -0.4 is 5.32 Å². The van der Waals surface area contributed by atoms with E-state index < -0.39 is 27.9 Å². The normalized spacial score (nSPS) is 22.1. The Morgan fingerprint density at radius 3 is 2.21 bits per heavy atom. The molecule has 0 radical (unpaired) electrons. The lowest BCUT2D eigenvalue weighted by molar-refractivity contribution is -0.259. The third-order valence-electron chi connectivity index (χ3n) is 10.6. The van der Waals surface area contributed by atoms with E-state index in [0.29, 0.717) is 55.6 Å². The number of fused-ring (bicyclic) bond motifs is 1. The molecular weight excluding hydrogens is 731 g/mol. The second-order valence-corrected chi connectivity index (χ2v) is 17.0. The quantitative estimate of drug-likeness (QED) is 0.268. The summed E-state index contributed by atoms with van der Waals surface area (Å²) in [6, 6.07) is 10.7. The van der Waals surface area contributed by atoms with Crippen LogP contribution in [0.4, 0.5) is 5.69 Å². The Morgan fingerprint density at radius 1 is 0.942 bits per heavy atom. The first-order valence-corrected chi connectivity index (χ1v) is 19.8. The largest absolute Gasteiger partial charge is 0.481 e. The number of ether oxygens (including phenoxy) is 1. The minimum absolute atomic E-state index is 0.146. The zero-order valence-corrected chi connectivity index (χ0v) is 32.0. The van der Waals surface area contributed by atoms with Crippen LogP contribution in [-0.4, -0.2) is 119 Å². The second-order valence-electron chi connectivity index (χ2n) is 14.1. The topological polar surface area (TPSA) is 145 Å². The first-order chi connectivity index (χ1) is 24.7. The molecule has 0 bridgehead atoms. The van der Waals surface area contributed by atoms with Crippen LogP contribution in [0.25, 0.3) is 10.9 Å². The van der Waals surface area contributed by atoms with Crippen LogP contribution in [0.5, 0.6) is 0 Å². The van der Waals surface area contributed by atoms with Crippen molar-refractivity contribution in [1.29, 1.82) is 0 Å². The number of benzene rings is 2. The standard InChI is InChI=1S/C36H46Cl2N6O7S/c1-40(2)52(49,50)44-18-16-43(17-19-44)36(42-14-6-7-15-42,51-26-12-10-24(11-13-26)35(47)48)33(45)21-25-20-30(38)31(22-29(25)37)39-34(46)28-23-41(3)32-9-5-4-8-27(28)32/h4-5,8-9,20,22-24,26H,6-7,10-19,21H2,1-3H3,(H,39,46)(H,47,48). The van der Waals surface area contributed by atoms with Crippen molar-refractivity contribution < 1.29 is 32.6 Å². The van der Waals surface area contributed by atoms with Crippen molar-refractivity contribution in [3.63, 3.8) is 0 Å². The number of anilines is 1. The van der Waals surface area contributed by atoms with E-state index >= 15 is 0 Å². The van der Waals surface area contributed by atoms with Gasteiger partial charge in [-0.3, -0.25) is 24.2 Å². The first-order valence-electron chi connectivity index (χ1n) is 17.7. The van der Waals surface area contributed by atoms with Crippen LogP contribution in [0.1, 0.15) is 54.4 Å². The maximum absolute atomic E-state index is 15.0. The maximum Gasteiger partial charge on any atom is 0.306 e. The van der Waals surface area contributed by atoms with Crippen molar-refractivity contribution in [1.82, 2.24) is 23.0 Å². The number of aromatic nitrogens is 1. The second kappa shape index (κ2) is 15.7. The van der Waals surface area contributed by atoms with Crippen molar-refractivity contribution >= 4 is 67.7 Å². The number of Topliss-reactive ketones (excluding diaryl/α,β-unsaturated/α-hetero) is 1. The first kappa shape index (κ1) is 38.6. The molecule has 3 aromatic rings. The summed E-state index contributed by atoms with van der Waals surface area (Å²) in [5.74, 6) is -3.46. The summed E-state index contributed by atoms with van der Waals surface area (Å²) in [5, 5.41) is 13.7. The minimum atomic E-state index is -3.67. The average Bonchev–Trinajstić information content (AvgIpc) is 3.78. The summed E-state index contributed by atoms with van der Waals surface area (Å²) < 4.78 is 37.4. The van der Waals surface area contributed by atoms with Gasteiger partial charge in [0.15, 0.2) is 5.78 Å². The van der Waals surface area contributed by atoms with Gasteiger partial charge in [0.25, 0.3) is 16.1 Å². The van der Waals surface area contributed by atoms with Gasteiger partial charge in [-0.15, -0.1) is 0 Å². The number of aryl methyl sites for hydroxylation is 1. The fourth-order valence-electron chi connectivity index (χ4n) is 7.72. The van der Waals surface area contributed by atoms with E-state index in [0.717, 1.165) is 23.7 Å². The number of carbonyl (C=O) groups is 3. The van der Waals surface area contributed by atoms with Crippen molar-refractivity contribution in [3.8, 4) is 0 Å². The van der Waals surface area contributed by atoms with E-state index in [1.807, 2.05) is 45.7 Å². The molecule has 2 saturated heterocycles. The molecule has 282 valence electrons. The van der Waals surface area contributed by atoms with Crippen LogP contribution in [0.15, 0.2) is 42.6 Å². The molecule has 1 unspecified atom stereocenters. The van der Waals surface area contributed by atoms with E-state index in [9.17, 15) is 27.9 Å². The van der Waals surface area contributed by atoms with Crippen LogP contribution in [-0.2, 0) is 38.0 Å². The summed E-state index contributed by atoms with van der Waals surface area (Å²) in [4.78, 5) is 44.1. The number of aliphatic carboxylic acids is 1. The number of carbonyl (C=O) groups excluding carboxylic acids is 2. The summed E-state index contributed by atoms with van der Waals surface area (Å²) in [7, 11) is 1.18. The third-order valence-corrected chi connectivity index (χ3v) is 13.2. The van der Waals surface area contributed by atoms with Crippen LogP contribution in [0.2, 0.25) is 10.0 Å². The molecule has 52 heavy (non-hydrogen) atoms. The molecule has 0 spiro atoms. The molecule has 1 amide bonds. The highest BCUT2D eigenvalue weighted by Gasteiger charge is 2.53. The molecule has 2 N–H and O–H groups in total. The summed E-state index contributed by atoms with van der Waals surface area (Å²) >= 11 is 13.6. The van der Waals surface area contributed by atoms with Gasteiger partial charge in [0, 0.05) is 89.0 Å². The van der Waals surface area contributed by atoms with E-state index in [2.05, 4.69) is 5.32 Å². The Balaban J connectivity index is 1.29. The molecule has 6 rings (SSSR count). The lowest BCUT2D eigenvalue weighted by Gasteiger charge is -2.52. The maximum atomic E-state index is 15.0. The molecule has 1 aliphatic carbocycles. The average molecular weight is 778 g/mol. The van der Waals surface area contributed by atoms with Crippen molar-refractivity contribution in [2.75, 3.05) is 58.7 Å². The highest BCUT2D eigenvalue weighted by molar-refractivity contribution is 7.86. The van der Waals surface area contributed by atoms with Crippen molar-refractivity contribution in [2.24, 2.45) is 13.0 Å². The number of piperazine rings is 1. The van der Waals surface area contributed by atoms with Crippen molar-refractivity contribution in [2.45, 2.75) is 56.9 Å². The van der Waals surface area contributed by atoms with Crippen LogP contribution >= 0.6 is 23.2 Å². The molecule has 13 nitrogen and oxygen atoms in total. The number of hydrogen-bond donors (Lipinski definition) is 2. The van der Waals surface area contributed by atoms with Gasteiger partial charge in [-0.05, 0) is 62.3 Å². The van der Waals surface area contributed by atoms with Gasteiger partial charge in [-0.1, -0.05) is 41.4 Å². The Bertz CT molecular complexity index is 1930. The Labute approximate surface area is 314 Å². The lowest BCUT2D eigenvalue weighted by atomic mass is 9.87. The number of carboxylic acid groups (broad SMARTS) is 1. The fourth-order valence-corrected chi connectivity index (χ4v) is 9.27. The number of amides is 1. The van der Waals surface area contributed by atoms with Gasteiger partial charge >= 0.3 is 5.97 Å². The number of nitrogens with zero attached hydrogens (tertiary/aromatic N) is 5. The predicted octanol–water partition coefficient (Wildman–Crippen LogP) is 4.68. The molecule has 16 heteroatoms. The van der Waals surface area contributed by atoms with E-state index in [1.54, 1.807) is 18.3 Å². The number of halogens is 2. The molecule has 2 aromatic carbocycles. The summed E-state index contributed by atoms with van der Waals surface area (Å²) in [5.41, 5.74) is 2.14. The molecular formula is C36H46Cl2N6O7S. The fraction of sp³-hybridized carbons (Fsp3) is 0.528. The van der Waals surface area contributed by atoms with E-state index in [1.165, 1.54) is 22.7 Å². The molecule has 3 fully saturated rings. The van der Waals surface area contributed by atoms with Gasteiger partial charge in [-0.2, -0.15) is 17.0 Å². The van der Waals surface area contributed by atoms with E-state index in [-0.39, 0.29) is 60.4 Å². The van der Waals surface area contributed by atoms with Gasteiger partial charge in [0.05, 0.1) is 28.3 Å². The lowest BCUT2D eigenvalue weighted by Crippen LogP contribution is -2.71.